The molecule has 3 nitrogen and oxygen atoms in total. The second-order valence-electron chi connectivity index (χ2n) is 4.93. The summed E-state index contributed by atoms with van der Waals surface area (Å²) < 4.78 is 0.550. The van der Waals surface area contributed by atoms with Crippen molar-refractivity contribution in [3.05, 3.63) is 10.6 Å². The fraction of sp³-hybridized carbons (Fsp3) is 0.778. The molecule has 0 spiro atoms. The first-order valence-electron chi connectivity index (χ1n) is 4.52. The Hall–Kier alpha value is -0.640. The highest BCUT2D eigenvalue weighted by Gasteiger charge is 2.66. The van der Waals surface area contributed by atoms with Crippen LogP contribution >= 0.6 is 12.2 Å². The monoisotopic (exact) mass is 197 g/mol. The predicted octanol–water partition coefficient (Wildman–Crippen LogP) is 2.62. The third kappa shape index (κ3) is 1.01. The van der Waals surface area contributed by atoms with Crippen molar-refractivity contribution in [2.45, 2.75) is 33.6 Å². The zero-order valence-corrected chi connectivity index (χ0v) is 9.25. The van der Waals surface area contributed by atoms with Gasteiger partial charge in [-0.3, -0.25) is 10.2 Å². The van der Waals surface area contributed by atoms with Gasteiger partial charge in [0.15, 0.2) is 0 Å². The van der Waals surface area contributed by atoms with Crippen LogP contribution in [0.3, 0.4) is 0 Å². The standard InChI is InChI=1S/C9H15N3S/c1-8(2)5(9(8,3)4)6-10-7(13)12-11-6/h5H,1-4H3,(H2,10,11,12,13). The van der Waals surface area contributed by atoms with Gasteiger partial charge in [-0.25, -0.2) is 4.98 Å². The molecule has 13 heavy (non-hydrogen) atoms. The Morgan fingerprint density at radius 1 is 1.15 bits per heavy atom. The molecule has 1 aromatic rings. The minimum absolute atomic E-state index is 0.320. The van der Waals surface area contributed by atoms with Gasteiger partial charge >= 0.3 is 0 Å². The van der Waals surface area contributed by atoms with Gasteiger partial charge in [0.25, 0.3) is 0 Å². The number of H-pyrrole nitrogens is 2. The van der Waals surface area contributed by atoms with Crippen molar-refractivity contribution in [3.63, 3.8) is 0 Å². The highest BCUT2D eigenvalue weighted by molar-refractivity contribution is 7.71. The summed E-state index contributed by atoms with van der Waals surface area (Å²) in [5.74, 6) is 1.49. The van der Waals surface area contributed by atoms with Gasteiger partial charge in [-0.05, 0) is 23.0 Å². The molecule has 4 heteroatoms. The van der Waals surface area contributed by atoms with Crippen molar-refractivity contribution in [1.29, 1.82) is 0 Å². The molecular weight excluding hydrogens is 182 g/mol. The van der Waals surface area contributed by atoms with E-state index >= 15 is 0 Å². The topological polar surface area (TPSA) is 44.5 Å². The number of hydrogen-bond acceptors (Lipinski definition) is 2. The van der Waals surface area contributed by atoms with Crippen LogP contribution in [0.15, 0.2) is 0 Å². The average molecular weight is 197 g/mol. The number of aromatic nitrogens is 3. The number of nitrogens with one attached hydrogen (secondary N) is 2. The molecule has 1 aromatic heterocycles. The third-order valence-corrected chi connectivity index (χ3v) is 4.01. The summed E-state index contributed by atoms with van der Waals surface area (Å²) in [6.45, 7) is 9.07. The van der Waals surface area contributed by atoms with Crippen molar-refractivity contribution >= 4 is 12.2 Å². The first-order chi connectivity index (χ1) is 5.87. The van der Waals surface area contributed by atoms with Crippen LogP contribution in [0.4, 0.5) is 0 Å². The molecule has 0 bridgehead atoms. The van der Waals surface area contributed by atoms with Crippen molar-refractivity contribution in [1.82, 2.24) is 15.2 Å². The van der Waals surface area contributed by atoms with Crippen LogP contribution in [-0.2, 0) is 0 Å². The van der Waals surface area contributed by atoms with E-state index in [0.29, 0.717) is 21.5 Å². The van der Waals surface area contributed by atoms with Gasteiger partial charge in [0, 0.05) is 5.92 Å². The predicted molar refractivity (Wildman–Crippen MR) is 54.1 cm³/mol. The van der Waals surface area contributed by atoms with Crippen LogP contribution in [0.5, 0.6) is 0 Å². The van der Waals surface area contributed by atoms with Gasteiger partial charge < -0.3 is 0 Å². The fourth-order valence-electron chi connectivity index (χ4n) is 2.30. The molecule has 1 heterocycles. The molecule has 1 saturated carbocycles. The Morgan fingerprint density at radius 3 is 2.00 bits per heavy atom. The lowest BCUT2D eigenvalue weighted by molar-refractivity contribution is 0.457. The second kappa shape index (κ2) is 2.23. The summed E-state index contributed by atoms with van der Waals surface area (Å²) in [4.78, 5) is 4.27. The van der Waals surface area contributed by atoms with E-state index in [1.54, 1.807) is 0 Å². The summed E-state index contributed by atoms with van der Waals surface area (Å²) in [5.41, 5.74) is 0.640. The summed E-state index contributed by atoms with van der Waals surface area (Å²) in [7, 11) is 0. The van der Waals surface area contributed by atoms with Crippen LogP contribution in [0.2, 0.25) is 0 Å². The zero-order chi connectivity index (χ0) is 9.85. The summed E-state index contributed by atoms with van der Waals surface area (Å²) >= 11 is 4.93. The van der Waals surface area contributed by atoms with Gasteiger partial charge in [-0.15, -0.1) is 0 Å². The minimum Gasteiger partial charge on any atom is -0.285 e. The second-order valence-corrected chi connectivity index (χ2v) is 5.32. The molecule has 1 fully saturated rings. The Bertz CT molecular complexity index is 372. The highest BCUT2D eigenvalue weighted by Crippen LogP contribution is 2.72. The van der Waals surface area contributed by atoms with E-state index < -0.39 is 0 Å². The summed E-state index contributed by atoms with van der Waals surface area (Å²) in [6, 6.07) is 0. The maximum atomic E-state index is 4.93. The number of aromatic amines is 2. The highest BCUT2D eigenvalue weighted by atomic mass is 32.1. The molecule has 0 aromatic carbocycles. The van der Waals surface area contributed by atoms with Gasteiger partial charge in [-0.2, -0.15) is 0 Å². The van der Waals surface area contributed by atoms with E-state index in [0.717, 1.165) is 5.82 Å². The van der Waals surface area contributed by atoms with Crippen LogP contribution in [0.25, 0.3) is 0 Å². The van der Waals surface area contributed by atoms with Crippen molar-refractivity contribution < 1.29 is 0 Å². The molecule has 1 aliphatic rings. The van der Waals surface area contributed by atoms with E-state index in [-0.39, 0.29) is 0 Å². The van der Waals surface area contributed by atoms with Gasteiger partial charge in [0.1, 0.15) is 5.82 Å². The van der Waals surface area contributed by atoms with Crippen molar-refractivity contribution in [2.75, 3.05) is 0 Å². The lowest BCUT2D eigenvalue weighted by atomic mass is 10.0. The average Bonchev–Trinajstić information content (AvgIpc) is 2.32. The van der Waals surface area contributed by atoms with E-state index in [1.807, 2.05) is 0 Å². The molecule has 0 saturated heterocycles. The normalized spacial score (nSPS) is 24.6. The fourth-order valence-corrected chi connectivity index (χ4v) is 2.45. The molecule has 0 aliphatic heterocycles. The number of rotatable bonds is 1. The molecule has 72 valence electrons. The van der Waals surface area contributed by atoms with Gasteiger partial charge in [-0.1, -0.05) is 27.7 Å². The minimum atomic E-state index is 0.320. The number of nitrogens with zero attached hydrogens (tertiary/aromatic N) is 1. The SMILES string of the molecule is CC1(C)C(c2nc(=S)[nH][nH]2)C1(C)C. The third-order valence-electron chi connectivity index (χ3n) is 3.81. The van der Waals surface area contributed by atoms with E-state index in [9.17, 15) is 0 Å². The Kier molecular flexibility index (Phi) is 1.54. The smallest absolute Gasteiger partial charge is 0.213 e. The van der Waals surface area contributed by atoms with E-state index in [1.165, 1.54) is 0 Å². The molecule has 2 N–H and O–H groups in total. The van der Waals surface area contributed by atoms with Crippen LogP contribution in [0.1, 0.15) is 39.4 Å². The lowest BCUT2D eigenvalue weighted by Gasteiger charge is -2.03. The first-order valence-corrected chi connectivity index (χ1v) is 4.93. The Balaban J connectivity index is 2.37. The summed E-state index contributed by atoms with van der Waals surface area (Å²) in [6.07, 6.45) is 0. The molecule has 2 rings (SSSR count). The molecule has 0 amide bonds. The zero-order valence-electron chi connectivity index (χ0n) is 8.43. The summed E-state index contributed by atoms with van der Waals surface area (Å²) in [5, 5.41) is 5.88. The maximum absolute atomic E-state index is 4.93. The van der Waals surface area contributed by atoms with Gasteiger partial charge in [0.2, 0.25) is 4.77 Å². The van der Waals surface area contributed by atoms with E-state index in [4.69, 9.17) is 12.2 Å². The molecule has 1 aliphatic carbocycles. The molecule has 0 radical (unpaired) electrons. The Labute approximate surface area is 83.0 Å². The molecular formula is C9H15N3S. The lowest BCUT2D eigenvalue weighted by Crippen LogP contribution is -1.95. The molecule has 0 unspecified atom stereocenters. The first kappa shape index (κ1) is 8.94. The van der Waals surface area contributed by atoms with Crippen LogP contribution < -0.4 is 0 Å². The Morgan fingerprint density at radius 2 is 1.69 bits per heavy atom. The van der Waals surface area contributed by atoms with E-state index in [2.05, 4.69) is 42.9 Å². The quantitative estimate of drug-likeness (QED) is 0.680. The largest absolute Gasteiger partial charge is 0.285 e. The van der Waals surface area contributed by atoms with Crippen LogP contribution in [-0.4, -0.2) is 15.2 Å². The van der Waals surface area contributed by atoms with Crippen molar-refractivity contribution in [2.24, 2.45) is 10.8 Å². The van der Waals surface area contributed by atoms with Crippen molar-refractivity contribution in [3.8, 4) is 0 Å². The number of hydrogen-bond donors (Lipinski definition) is 2. The maximum Gasteiger partial charge on any atom is 0.213 e. The molecule has 0 atom stereocenters. The van der Waals surface area contributed by atoms with Gasteiger partial charge in [0.05, 0.1) is 0 Å². The van der Waals surface area contributed by atoms with Crippen LogP contribution in [0, 0.1) is 15.6 Å².